The molecule has 1 amide bonds. The first kappa shape index (κ1) is 19.9. The van der Waals surface area contributed by atoms with E-state index in [0.717, 1.165) is 5.56 Å². The normalized spacial score (nSPS) is 10.7. The summed E-state index contributed by atoms with van der Waals surface area (Å²) in [5.74, 6) is 0.896. The van der Waals surface area contributed by atoms with Gasteiger partial charge in [0, 0.05) is 5.69 Å². The number of carbonyl (C=O) groups is 1. The van der Waals surface area contributed by atoms with E-state index in [9.17, 15) is 10.1 Å². The van der Waals surface area contributed by atoms with Crippen LogP contribution >= 0.6 is 0 Å². The molecule has 2 aromatic rings. The number of methoxy groups -OCH3 is 2. The second-order valence-corrected chi connectivity index (χ2v) is 5.68. The molecule has 6 nitrogen and oxygen atoms in total. The number of hydrogen-bond acceptors (Lipinski definition) is 5. The molecule has 0 saturated heterocycles. The monoisotopic (exact) mass is 366 g/mol. The highest BCUT2D eigenvalue weighted by molar-refractivity contribution is 6.09. The molecule has 6 heteroatoms. The minimum atomic E-state index is -0.492. The summed E-state index contributed by atoms with van der Waals surface area (Å²) in [7, 11) is 3.03. The van der Waals surface area contributed by atoms with E-state index in [1.807, 2.05) is 32.0 Å². The molecule has 2 aromatic carbocycles. The highest BCUT2D eigenvalue weighted by Gasteiger charge is 2.15. The number of nitrogens with zero attached hydrogens (tertiary/aromatic N) is 1. The summed E-state index contributed by atoms with van der Waals surface area (Å²) >= 11 is 0. The average Bonchev–Trinajstić information content (AvgIpc) is 2.68. The Morgan fingerprint density at radius 2 is 1.74 bits per heavy atom. The van der Waals surface area contributed by atoms with Crippen LogP contribution in [0.25, 0.3) is 6.08 Å². The van der Waals surface area contributed by atoms with Crippen LogP contribution < -0.4 is 19.5 Å². The van der Waals surface area contributed by atoms with Crippen molar-refractivity contribution in [2.45, 2.75) is 13.8 Å². The molecule has 0 aliphatic rings. The molecule has 1 N–H and O–H groups in total. The van der Waals surface area contributed by atoms with Gasteiger partial charge in [-0.3, -0.25) is 4.79 Å². The van der Waals surface area contributed by atoms with Gasteiger partial charge in [-0.05, 0) is 49.8 Å². The van der Waals surface area contributed by atoms with Crippen LogP contribution in [0.1, 0.15) is 18.1 Å². The molecule has 0 heterocycles. The first-order chi connectivity index (χ1) is 13.0. The lowest BCUT2D eigenvalue weighted by molar-refractivity contribution is -0.112. The Balaban J connectivity index is 2.34. The van der Waals surface area contributed by atoms with E-state index in [-0.39, 0.29) is 5.57 Å². The number of nitrogens with one attached hydrogen (secondary N) is 1. The first-order valence-corrected chi connectivity index (χ1v) is 8.41. The fourth-order valence-corrected chi connectivity index (χ4v) is 2.42. The van der Waals surface area contributed by atoms with Gasteiger partial charge in [-0.1, -0.05) is 17.7 Å². The summed E-state index contributed by atoms with van der Waals surface area (Å²) in [5.41, 5.74) is 2.25. The van der Waals surface area contributed by atoms with Crippen molar-refractivity contribution in [3.8, 4) is 23.3 Å². The zero-order valence-electron chi connectivity index (χ0n) is 15.8. The van der Waals surface area contributed by atoms with E-state index in [1.165, 1.54) is 20.3 Å². The van der Waals surface area contributed by atoms with Crippen LogP contribution in [-0.2, 0) is 4.79 Å². The van der Waals surface area contributed by atoms with Crippen molar-refractivity contribution in [3.63, 3.8) is 0 Å². The molecule has 2 rings (SSSR count). The number of rotatable bonds is 7. The van der Waals surface area contributed by atoms with Crippen molar-refractivity contribution in [3.05, 3.63) is 53.1 Å². The third kappa shape index (κ3) is 5.02. The smallest absolute Gasteiger partial charge is 0.266 e. The summed E-state index contributed by atoms with van der Waals surface area (Å²) in [6.45, 7) is 4.26. The van der Waals surface area contributed by atoms with Gasteiger partial charge in [-0.15, -0.1) is 0 Å². The second kappa shape index (κ2) is 9.30. The predicted molar refractivity (Wildman–Crippen MR) is 104 cm³/mol. The van der Waals surface area contributed by atoms with Crippen molar-refractivity contribution in [1.82, 2.24) is 0 Å². The predicted octanol–water partition coefficient (Wildman–Crippen LogP) is 3.96. The number of ether oxygens (including phenoxy) is 3. The van der Waals surface area contributed by atoms with Crippen LogP contribution in [-0.4, -0.2) is 26.7 Å². The quantitative estimate of drug-likeness (QED) is 0.593. The van der Waals surface area contributed by atoms with Crippen molar-refractivity contribution in [2.24, 2.45) is 0 Å². The highest BCUT2D eigenvalue weighted by atomic mass is 16.5. The molecular weight excluding hydrogens is 344 g/mol. The summed E-state index contributed by atoms with van der Waals surface area (Å²) in [5, 5.41) is 12.1. The summed E-state index contributed by atoms with van der Waals surface area (Å²) in [4.78, 5) is 12.4. The first-order valence-electron chi connectivity index (χ1n) is 8.41. The van der Waals surface area contributed by atoms with Gasteiger partial charge in [0.15, 0.2) is 11.5 Å². The molecule has 140 valence electrons. The number of hydrogen-bond donors (Lipinski definition) is 1. The van der Waals surface area contributed by atoms with Crippen LogP contribution in [0, 0.1) is 18.3 Å². The zero-order valence-corrected chi connectivity index (χ0v) is 15.8. The molecular formula is C21H22N2O4. The lowest BCUT2D eigenvalue weighted by Gasteiger charge is -2.14. The topological polar surface area (TPSA) is 80.6 Å². The van der Waals surface area contributed by atoms with Gasteiger partial charge < -0.3 is 19.5 Å². The molecule has 27 heavy (non-hydrogen) atoms. The molecule has 0 saturated carbocycles. The molecule has 0 aliphatic heterocycles. The van der Waals surface area contributed by atoms with Gasteiger partial charge in [0.25, 0.3) is 5.91 Å². The van der Waals surface area contributed by atoms with Crippen LogP contribution in [0.15, 0.2) is 42.0 Å². The standard InChI is InChI=1S/C21H22N2O4/c1-5-27-20-18(25-3)11-15(12-19(20)26-4)10-16(13-22)21(24)23-17-8-6-14(2)7-9-17/h6-12H,5H2,1-4H3,(H,23,24)/b16-10-. The fourth-order valence-electron chi connectivity index (χ4n) is 2.42. The van der Waals surface area contributed by atoms with Crippen LogP contribution in [0.4, 0.5) is 5.69 Å². The van der Waals surface area contributed by atoms with E-state index in [2.05, 4.69) is 5.32 Å². The maximum Gasteiger partial charge on any atom is 0.266 e. The number of aryl methyl sites for hydroxylation is 1. The van der Waals surface area contributed by atoms with Crippen molar-refractivity contribution >= 4 is 17.7 Å². The molecule has 0 fully saturated rings. The Labute approximate surface area is 159 Å². The largest absolute Gasteiger partial charge is 0.493 e. The van der Waals surface area contributed by atoms with Gasteiger partial charge >= 0.3 is 0 Å². The van der Waals surface area contributed by atoms with E-state index >= 15 is 0 Å². The molecule has 0 unspecified atom stereocenters. The third-order valence-electron chi connectivity index (χ3n) is 3.76. The highest BCUT2D eigenvalue weighted by Crippen LogP contribution is 2.39. The lowest BCUT2D eigenvalue weighted by Crippen LogP contribution is -2.13. The zero-order chi connectivity index (χ0) is 19.8. The lowest BCUT2D eigenvalue weighted by atomic mass is 10.1. The van der Waals surface area contributed by atoms with Crippen molar-refractivity contribution < 1.29 is 19.0 Å². The molecule has 0 aliphatic carbocycles. The maximum atomic E-state index is 12.4. The third-order valence-corrected chi connectivity index (χ3v) is 3.76. The Bertz CT molecular complexity index is 855. The SMILES string of the molecule is CCOc1c(OC)cc(/C=C(/C#N)C(=O)Nc2ccc(C)cc2)cc1OC. The number of nitriles is 1. The molecule has 0 aromatic heterocycles. The van der Waals surface area contributed by atoms with Gasteiger partial charge in [0.2, 0.25) is 5.75 Å². The Morgan fingerprint density at radius 3 is 2.22 bits per heavy atom. The van der Waals surface area contributed by atoms with Crippen LogP contribution in [0.3, 0.4) is 0 Å². The Kier molecular flexibility index (Phi) is 6.84. The van der Waals surface area contributed by atoms with Crippen molar-refractivity contribution in [2.75, 3.05) is 26.1 Å². The van der Waals surface area contributed by atoms with Gasteiger partial charge in [0.1, 0.15) is 11.6 Å². The molecule has 0 atom stereocenters. The minimum Gasteiger partial charge on any atom is -0.493 e. The van der Waals surface area contributed by atoms with Gasteiger partial charge in [-0.2, -0.15) is 5.26 Å². The molecule has 0 radical (unpaired) electrons. The van der Waals surface area contributed by atoms with Gasteiger partial charge in [-0.25, -0.2) is 0 Å². The maximum absolute atomic E-state index is 12.4. The van der Waals surface area contributed by atoms with E-state index in [1.54, 1.807) is 24.3 Å². The fraction of sp³-hybridized carbons (Fsp3) is 0.238. The second-order valence-electron chi connectivity index (χ2n) is 5.68. The average molecular weight is 366 g/mol. The minimum absolute atomic E-state index is 0.0381. The number of carbonyl (C=O) groups excluding carboxylic acids is 1. The van der Waals surface area contributed by atoms with Crippen LogP contribution in [0.5, 0.6) is 17.2 Å². The molecule has 0 spiro atoms. The van der Waals surface area contributed by atoms with E-state index in [0.29, 0.717) is 35.1 Å². The number of benzene rings is 2. The van der Waals surface area contributed by atoms with Crippen molar-refractivity contribution in [1.29, 1.82) is 5.26 Å². The summed E-state index contributed by atoms with van der Waals surface area (Å²) in [6.07, 6.45) is 1.48. The van der Waals surface area contributed by atoms with E-state index in [4.69, 9.17) is 14.2 Å². The summed E-state index contributed by atoms with van der Waals surface area (Å²) in [6, 6.07) is 12.6. The number of anilines is 1. The summed E-state index contributed by atoms with van der Waals surface area (Å²) < 4.78 is 16.2. The Morgan fingerprint density at radius 1 is 1.15 bits per heavy atom. The Hall–Kier alpha value is -3.46. The van der Waals surface area contributed by atoms with E-state index < -0.39 is 5.91 Å². The molecule has 0 bridgehead atoms. The number of amides is 1. The van der Waals surface area contributed by atoms with Gasteiger partial charge in [0.05, 0.1) is 20.8 Å². The van der Waals surface area contributed by atoms with Crippen LogP contribution in [0.2, 0.25) is 0 Å².